The molecule has 0 spiro atoms. The second-order valence-corrected chi connectivity index (χ2v) is 4.89. The molecule has 0 unspecified atom stereocenters. The van der Waals surface area contributed by atoms with Gasteiger partial charge in [-0.15, -0.1) is 0 Å². The molecule has 1 aromatic rings. The van der Waals surface area contributed by atoms with Gasteiger partial charge < -0.3 is 15.2 Å². The van der Waals surface area contributed by atoms with Gasteiger partial charge in [0.1, 0.15) is 6.07 Å². The fourth-order valence-corrected chi connectivity index (χ4v) is 2.30. The van der Waals surface area contributed by atoms with E-state index in [1.54, 1.807) is 18.2 Å². The van der Waals surface area contributed by atoms with Crippen molar-refractivity contribution in [2.75, 3.05) is 25.1 Å². The lowest BCUT2D eigenvalue weighted by molar-refractivity contribution is 0.0380. The number of nitriles is 1. The maximum absolute atomic E-state index is 9.57. The largest absolute Gasteiger partial charge is 0.394 e. The van der Waals surface area contributed by atoms with Crippen molar-refractivity contribution in [3.63, 3.8) is 0 Å². The summed E-state index contributed by atoms with van der Waals surface area (Å²) in [7, 11) is 0. The van der Waals surface area contributed by atoms with Gasteiger partial charge in [-0.25, -0.2) is 0 Å². The maximum atomic E-state index is 9.57. The smallest absolute Gasteiger partial charge is 0.101 e. The molecular weight excluding hydrogens is 252 g/mol. The molecule has 0 amide bonds. The van der Waals surface area contributed by atoms with Crippen LogP contribution >= 0.6 is 11.6 Å². The van der Waals surface area contributed by atoms with Crippen LogP contribution in [0, 0.1) is 11.3 Å². The third-order valence-electron chi connectivity index (χ3n) is 3.25. The highest BCUT2D eigenvalue weighted by molar-refractivity contribution is 6.32. The Morgan fingerprint density at radius 2 is 2.17 bits per heavy atom. The first kappa shape index (κ1) is 13.2. The molecule has 0 aromatic heterocycles. The Balaban J connectivity index is 2.17. The van der Waals surface area contributed by atoms with E-state index in [4.69, 9.17) is 21.6 Å². The molecule has 0 atom stereocenters. The van der Waals surface area contributed by atoms with Gasteiger partial charge >= 0.3 is 0 Å². The number of hydrogen-bond donors (Lipinski definition) is 2. The molecule has 2 rings (SSSR count). The fraction of sp³-hybridized carbons (Fsp3) is 0.462. The number of rotatable bonds is 3. The van der Waals surface area contributed by atoms with Crippen LogP contribution in [0.1, 0.15) is 18.4 Å². The van der Waals surface area contributed by atoms with Crippen LogP contribution < -0.4 is 5.32 Å². The van der Waals surface area contributed by atoms with E-state index < -0.39 is 0 Å². The number of nitrogens with one attached hydrogen (secondary N) is 1. The number of nitrogens with zero attached hydrogens (tertiary/aromatic N) is 1. The molecule has 18 heavy (non-hydrogen) atoms. The van der Waals surface area contributed by atoms with Crippen molar-refractivity contribution in [1.29, 1.82) is 5.26 Å². The average molecular weight is 267 g/mol. The van der Waals surface area contributed by atoms with Crippen LogP contribution in [-0.4, -0.2) is 30.5 Å². The molecule has 0 aliphatic carbocycles. The Hall–Kier alpha value is -1.28. The molecule has 1 saturated heterocycles. The van der Waals surface area contributed by atoms with Gasteiger partial charge in [0.2, 0.25) is 0 Å². The van der Waals surface area contributed by atoms with Crippen molar-refractivity contribution in [3.05, 3.63) is 28.8 Å². The predicted molar refractivity (Wildman–Crippen MR) is 69.7 cm³/mol. The lowest BCUT2D eigenvalue weighted by Gasteiger charge is -2.37. The molecule has 0 bridgehead atoms. The highest BCUT2D eigenvalue weighted by Crippen LogP contribution is 2.28. The normalized spacial score (nSPS) is 18.1. The maximum Gasteiger partial charge on any atom is 0.101 e. The molecule has 96 valence electrons. The summed E-state index contributed by atoms with van der Waals surface area (Å²) in [6.45, 7) is 1.32. The number of anilines is 1. The minimum Gasteiger partial charge on any atom is -0.394 e. The number of halogens is 1. The first-order valence-corrected chi connectivity index (χ1v) is 6.23. The Morgan fingerprint density at radius 1 is 1.44 bits per heavy atom. The summed E-state index contributed by atoms with van der Waals surface area (Å²) >= 11 is 5.99. The van der Waals surface area contributed by atoms with Crippen LogP contribution in [0.5, 0.6) is 0 Å². The lowest BCUT2D eigenvalue weighted by atomic mass is 9.90. The standard InChI is InChI=1S/C13H15ClN2O2/c14-12-7-11(2-1-10(12)8-15)16-13(9-17)3-5-18-6-4-13/h1-2,7,16-17H,3-6,9H2. The van der Waals surface area contributed by atoms with E-state index in [0.29, 0.717) is 23.8 Å². The number of hydrogen-bond acceptors (Lipinski definition) is 4. The summed E-state index contributed by atoms with van der Waals surface area (Å²) in [5.41, 5.74) is 0.914. The van der Waals surface area contributed by atoms with Gasteiger partial charge in [-0.3, -0.25) is 0 Å². The minimum atomic E-state index is -0.351. The first-order valence-electron chi connectivity index (χ1n) is 5.85. The van der Waals surface area contributed by atoms with Gasteiger partial charge in [-0.2, -0.15) is 5.26 Å². The predicted octanol–water partition coefficient (Wildman–Crippen LogP) is 2.17. The quantitative estimate of drug-likeness (QED) is 0.880. The SMILES string of the molecule is N#Cc1ccc(NC2(CO)CCOCC2)cc1Cl. The lowest BCUT2D eigenvalue weighted by Crippen LogP contribution is -2.46. The van der Waals surface area contributed by atoms with E-state index in [9.17, 15) is 5.11 Å². The zero-order valence-electron chi connectivity index (χ0n) is 9.95. The molecule has 1 aromatic carbocycles. The molecule has 0 radical (unpaired) electrons. The number of ether oxygens (including phenoxy) is 1. The van der Waals surface area contributed by atoms with Crippen molar-refractivity contribution in [3.8, 4) is 6.07 Å². The molecule has 5 heteroatoms. The molecule has 4 nitrogen and oxygen atoms in total. The van der Waals surface area contributed by atoms with E-state index in [-0.39, 0.29) is 12.1 Å². The Labute approximate surface area is 111 Å². The molecule has 1 heterocycles. The van der Waals surface area contributed by atoms with Crippen LogP contribution in [0.3, 0.4) is 0 Å². The molecule has 1 aliphatic rings. The van der Waals surface area contributed by atoms with Crippen molar-refractivity contribution < 1.29 is 9.84 Å². The molecular formula is C13H15ClN2O2. The molecule has 0 saturated carbocycles. The third-order valence-corrected chi connectivity index (χ3v) is 3.56. The third kappa shape index (κ3) is 2.75. The van der Waals surface area contributed by atoms with Gasteiger partial charge in [-0.1, -0.05) is 11.6 Å². The van der Waals surface area contributed by atoms with Crippen LogP contribution in [0.15, 0.2) is 18.2 Å². The van der Waals surface area contributed by atoms with E-state index in [2.05, 4.69) is 5.32 Å². The average Bonchev–Trinajstić information content (AvgIpc) is 2.40. The summed E-state index contributed by atoms with van der Waals surface area (Å²) in [4.78, 5) is 0. The fourth-order valence-electron chi connectivity index (χ4n) is 2.07. The van der Waals surface area contributed by atoms with Crippen molar-refractivity contribution in [2.24, 2.45) is 0 Å². The van der Waals surface area contributed by atoms with Gasteiger partial charge in [0.25, 0.3) is 0 Å². The summed E-state index contributed by atoms with van der Waals surface area (Å²) < 4.78 is 5.30. The summed E-state index contributed by atoms with van der Waals surface area (Å²) in [6.07, 6.45) is 1.50. The second-order valence-electron chi connectivity index (χ2n) is 4.48. The van der Waals surface area contributed by atoms with E-state index >= 15 is 0 Å². The van der Waals surface area contributed by atoms with E-state index in [0.717, 1.165) is 18.5 Å². The summed E-state index contributed by atoms with van der Waals surface area (Å²) in [5, 5.41) is 22.1. The zero-order valence-corrected chi connectivity index (χ0v) is 10.7. The highest BCUT2D eigenvalue weighted by Gasteiger charge is 2.31. The van der Waals surface area contributed by atoms with E-state index in [1.807, 2.05) is 6.07 Å². The minimum absolute atomic E-state index is 0.0496. The van der Waals surface area contributed by atoms with Crippen molar-refractivity contribution in [2.45, 2.75) is 18.4 Å². The van der Waals surface area contributed by atoms with Gasteiger partial charge in [-0.05, 0) is 31.0 Å². The highest BCUT2D eigenvalue weighted by atomic mass is 35.5. The van der Waals surface area contributed by atoms with Crippen LogP contribution in [0.25, 0.3) is 0 Å². The Bertz CT molecular complexity index is 465. The second kappa shape index (κ2) is 5.57. The summed E-state index contributed by atoms with van der Waals surface area (Å²) in [6, 6.07) is 7.21. The zero-order chi connectivity index (χ0) is 13.0. The van der Waals surface area contributed by atoms with Crippen molar-refractivity contribution in [1.82, 2.24) is 0 Å². The van der Waals surface area contributed by atoms with Crippen LogP contribution in [0.2, 0.25) is 5.02 Å². The molecule has 1 aliphatic heterocycles. The molecule has 2 N–H and O–H groups in total. The monoisotopic (exact) mass is 266 g/mol. The van der Waals surface area contributed by atoms with Crippen LogP contribution in [0.4, 0.5) is 5.69 Å². The van der Waals surface area contributed by atoms with Crippen molar-refractivity contribution >= 4 is 17.3 Å². The topological polar surface area (TPSA) is 65.3 Å². The van der Waals surface area contributed by atoms with Gasteiger partial charge in [0, 0.05) is 18.9 Å². The number of aliphatic hydroxyl groups excluding tert-OH is 1. The number of benzene rings is 1. The van der Waals surface area contributed by atoms with Gasteiger partial charge in [0.05, 0.1) is 22.7 Å². The van der Waals surface area contributed by atoms with Gasteiger partial charge in [0.15, 0.2) is 0 Å². The summed E-state index contributed by atoms with van der Waals surface area (Å²) in [5.74, 6) is 0. The Kier molecular flexibility index (Phi) is 4.07. The first-order chi connectivity index (χ1) is 8.69. The van der Waals surface area contributed by atoms with E-state index in [1.165, 1.54) is 0 Å². The Morgan fingerprint density at radius 3 is 2.72 bits per heavy atom. The van der Waals surface area contributed by atoms with Crippen LogP contribution in [-0.2, 0) is 4.74 Å². The number of aliphatic hydroxyl groups is 1. The molecule has 1 fully saturated rings.